The second kappa shape index (κ2) is 5.10. The summed E-state index contributed by atoms with van der Waals surface area (Å²) in [7, 11) is 3.21. The van der Waals surface area contributed by atoms with E-state index in [2.05, 4.69) is 6.08 Å². The Balaban J connectivity index is 3.45. The summed E-state index contributed by atoms with van der Waals surface area (Å²) in [4.78, 5) is 0. The van der Waals surface area contributed by atoms with Gasteiger partial charge in [0.1, 0.15) is 0 Å². The third-order valence-corrected chi connectivity index (χ3v) is 1.20. The largest absolute Gasteiger partial charge is 0.628 e. The molecule has 0 N–H and O–H groups in total. The summed E-state index contributed by atoms with van der Waals surface area (Å²) in [5.74, 6) is 0. The number of unbranched alkanes of at least 4 members (excludes halogenated alkanes) is 1. The highest BCUT2D eigenvalue weighted by Gasteiger charge is 1.90. The molecule has 0 spiro atoms. The van der Waals surface area contributed by atoms with Crippen LogP contribution in [0.15, 0.2) is 24.4 Å². The minimum Gasteiger partial charge on any atom is -0.628 e. The van der Waals surface area contributed by atoms with Crippen molar-refractivity contribution in [1.82, 2.24) is 0 Å². The highest BCUT2D eigenvalue weighted by molar-refractivity contribution is 4.82. The lowest BCUT2D eigenvalue weighted by Crippen LogP contribution is -2.23. The number of hydrogen-bond acceptors (Lipinski definition) is 1. The first kappa shape index (κ1) is 10.4. The first-order valence-electron chi connectivity index (χ1n) is 3.90. The molecule has 0 radical (unpaired) electrons. The minimum atomic E-state index is -0.337. The Labute approximate surface area is 69.0 Å². The SMILES string of the molecule is C/C=C/CC/C=C\[N+](C)(C)[O-]. The first-order chi connectivity index (χ1) is 5.06. The van der Waals surface area contributed by atoms with E-state index in [4.69, 9.17) is 0 Å². The van der Waals surface area contributed by atoms with Crippen LogP contribution < -0.4 is 0 Å². The molecule has 0 fully saturated rings. The Morgan fingerprint density at radius 2 is 1.73 bits per heavy atom. The monoisotopic (exact) mass is 155 g/mol. The number of rotatable bonds is 4. The zero-order chi connectivity index (χ0) is 8.74. The molecule has 0 aliphatic heterocycles. The fourth-order valence-electron chi connectivity index (χ4n) is 0.688. The van der Waals surface area contributed by atoms with E-state index in [0.29, 0.717) is 0 Å². The highest BCUT2D eigenvalue weighted by Crippen LogP contribution is 1.98. The van der Waals surface area contributed by atoms with Gasteiger partial charge >= 0.3 is 0 Å². The second-order valence-corrected chi connectivity index (χ2v) is 2.97. The fraction of sp³-hybridized carbons (Fsp3) is 0.556. The van der Waals surface area contributed by atoms with Crippen LogP contribution in [-0.4, -0.2) is 18.7 Å². The first-order valence-corrected chi connectivity index (χ1v) is 3.90. The van der Waals surface area contributed by atoms with Crippen LogP contribution in [0.4, 0.5) is 0 Å². The van der Waals surface area contributed by atoms with Gasteiger partial charge in [-0.3, -0.25) is 0 Å². The van der Waals surface area contributed by atoms with E-state index >= 15 is 0 Å². The maximum absolute atomic E-state index is 11.0. The number of quaternary nitrogens is 1. The van der Waals surface area contributed by atoms with E-state index < -0.39 is 0 Å². The summed E-state index contributed by atoms with van der Waals surface area (Å²) < 4.78 is -0.337. The maximum Gasteiger partial charge on any atom is 0.0914 e. The van der Waals surface area contributed by atoms with E-state index in [9.17, 15) is 5.21 Å². The van der Waals surface area contributed by atoms with E-state index in [1.165, 1.54) is 0 Å². The molecular weight excluding hydrogens is 138 g/mol. The smallest absolute Gasteiger partial charge is 0.0914 e. The van der Waals surface area contributed by atoms with Crippen molar-refractivity contribution >= 4 is 0 Å². The predicted molar refractivity (Wildman–Crippen MR) is 48.7 cm³/mol. The van der Waals surface area contributed by atoms with Crippen molar-refractivity contribution in [2.24, 2.45) is 0 Å². The van der Waals surface area contributed by atoms with Crippen molar-refractivity contribution < 1.29 is 4.65 Å². The van der Waals surface area contributed by atoms with Crippen LogP contribution in [0.2, 0.25) is 0 Å². The lowest BCUT2D eigenvalue weighted by molar-refractivity contribution is -0.785. The van der Waals surface area contributed by atoms with Gasteiger partial charge in [-0.05, 0) is 25.8 Å². The average Bonchev–Trinajstić information content (AvgIpc) is 1.85. The van der Waals surface area contributed by atoms with Crippen molar-refractivity contribution in [2.75, 3.05) is 14.1 Å². The average molecular weight is 155 g/mol. The van der Waals surface area contributed by atoms with E-state index in [0.717, 1.165) is 12.8 Å². The summed E-state index contributed by atoms with van der Waals surface area (Å²) in [6.07, 6.45) is 9.66. The van der Waals surface area contributed by atoms with Gasteiger partial charge in [-0.2, -0.15) is 0 Å². The Hall–Kier alpha value is -0.600. The van der Waals surface area contributed by atoms with E-state index in [-0.39, 0.29) is 4.65 Å². The van der Waals surface area contributed by atoms with Gasteiger partial charge in [0.25, 0.3) is 0 Å². The van der Waals surface area contributed by atoms with Crippen LogP contribution in [0.1, 0.15) is 19.8 Å². The topological polar surface area (TPSA) is 23.1 Å². The van der Waals surface area contributed by atoms with Crippen molar-refractivity contribution in [2.45, 2.75) is 19.8 Å². The fourth-order valence-corrected chi connectivity index (χ4v) is 0.688. The molecule has 0 bridgehead atoms. The van der Waals surface area contributed by atoms with Crippen molar-refractivity contribution in [3.63, 3.8) is 0 Å². The van der Waals surface area contributed by atoms with Gasteiger partial charge in [0, 0.05) is 0 Å². The van der Waals surface area contributed by atoms with Crippen LogP contribution in [-0.2, 0) is 0 Å². The molecule has 0 amide bonds. The predicted octanol–water partition coefficient (Wildman–Crippen LogP) is 2.43. The minimum absolute atomic E-state index is 0.337. The molecule has 0 aromatic carbocycles. The molecule has 2 nitrogen and oxygen atoms in total. The van der Waals surface area contributed by atoms with Crippen LogP contribution in [0, 0.1) is 5.21 Å². The summed E-state index contributed by atoms with van der Waals surface area (Å²) in [5.41, 5.74) is 0. The van der Waals surface area contributed by atoms with E-state index in [1.54, 1.807) is 20.3 Å². The third kappa shape index (κ3) is 9.40. The summed E-state index contributed by atoms with van der Waals surface area (Å²) >= 11 is 0. The van der Waals surface area contributed by atoms with Crippen LogP contribution in [0.3, 0.4) is 0 Å². The second-order valence-electron chi connectivity index (χ2n) is 2.97. The number of allylic oxidation sites excluding steroid dienone is 3. The number of hydrogen-bond donors (Lipinski definition) is 0. The van der Waals surface area contributed by atoms with Crippen LogP contribution in [0.5, 0.6) is 0 Å². The third-order valence-electron chi connectivity index (χ3n) is 1.20. The Bertz CT molecular complexity index is 142. The Kier molecular flexibility index (Phi) is 4.83. The molecule has 0 aliphatic rings. The van der Waals surface area contributed by atoms with Gasteiger partial charge in [0.15, 0.2) is 0 Å². The lowest BCUT2D eigenvalue weighted by atomic mass is 10.3. The molecule has 0 rings (SSSR count). The molecule has 0 aromatic rings. The van der Waals surface area contributed by atoms with Gasteiger partial charge in [-0.15, -0.1) is 0 Å². The van der Waals surface area contributed by atoms with Crippen molar-refractivity contribution in [3.05, 3.63) is 29.6 Å². The zero-order valence-electron chi connectivity index (χ0n) is 7.58. The number of nitrogens with zero attached hydrogens (tertiary/aromatic N) is 1. The summed E-state index contributed by atoms with van der Waals surface area (Å²) in [6.45, 7) is 2.00. The highest BCUT2D eigenvalue weighted by atomic mass is 16.5. The molecule has 0 saturated carbocycles. The maximum atomic E-state index is 11.0. The van der Waals surface area contributed by atoms with Gasteiger partial charge in [-0.1, -0.05) is 12.2 Å². The van der Waals surface area contributed by atoms with E-state index in [1.807, 2.05) is 19.1 Å². The molecule has 0 unspecified atom stereocenters. The molecule has 0 saturated heterocycles. The number of hydroxylamine groups is 3. The van der Waals surface area contributed by atoms with Gasteiger partial charge in [-0.25, -0.2) is 0 Å². The van der Waals surface area contributed by atoms with Crippen LogP contribution in [0.25, 0.3) is 0 Å². The molecule has 0 heterocycles. The van der Waals surface area contributed by atoms with Gasteiger partial charge in [0.05, 0.1) is 20.3 Å². The zero-order valence-corrected chi connectivity index (χ0v) is 7.58. The molecule has 0 aromatic heterocycles. The molecular formula is C9H17NO. The normalized spacial score (nSPS) is 13.5. The van der Waals surface area contributed by atoms with Gasteiger partial charge in [0.2, 0.25) is 0 Å². The molecule has 2 heteroatoms. The molecule has 11 heavy (non-hydrogen) atoms. The standard InChI is InChI=1S/C9H17NO/c1-4-5-6-7-8-9-10(2,3)11/h4-5,8-9H,6-7H2,1-3H3/b5-4+,9-8-. The summed E-state index contributed by atoms with van der Waals surface area (Å²) in [5, 5.41) is 11.0. The quantitative estimate of drug-likeness (QED) is 0.264. The molecule has 0 aliphatic carbocycles. The molecule has 64 valence electrons. The Morgan fingerprint density at radius 3 is 2.18 bits per heavy atom. The van der Waals surface area contributed by atoms with Crippen molar-refractivity contribution in [3.8, 4) is 0 Å². The lowest BCUT2D eigenvalue weighted by Gasteiger charge is -2.28. The van der Waals surface area contributed by atoms with Crippen LogP contribution >= 0.6 is 0 Å². The van der Waals surface area contributed by atoms with Gasteiger partial charge < -0.3 is 9.85 Å². The summed E-state index contributed by atoms with van der Waals surface area (Å²) in [6, 6.07) is 0. The molecule has 0 atom stereocenters. The Morgan fingerprint density at radius 1 is 1.18 bits per heavy atom. The van der Waals surface area contributed by atoms with Crippen molar-refractivity contribution in [1.29, 1.82) is 0 Å².